The van der Waals surface area contributed by atoms with Gasteiger partial charge in [0.1, 0.15) is 0 Å². The van der Waals surface area contributed by atoms with E-state index in [1.807, 2.05) is 30.3 Å². The van der Waals surface area contributed by atoms with E-state index in [0.717, 1.165) is 21.2 Å². The molecule has 2 aromatic carbocycles. The Kier molecular flexibility index (Phi) is 5.67. The van der Waals surface area contributed by atoms with Gasteiger partial charge in [0.25, 0.3) is 5.91 Å². The Bertz CT molecular complexity index is 858. The fourth-order valence-corrected chi connectivity index (χ4v) is 4.19. The predicted molar refractivity (Wildman–Crippen MR) is 102 cm³/mol. The molecule has 2 N–H and O–H groups in total. The second-order valence-electron chi connectivity index (χ2n) is 5.29. The fourth-order valence-electron chi connectivity index (χ4n) is 2.16. The molecule has 1 aromatic heterocycles. The van der Waals surface area contributed by atoms with Crippen LogP contribution in [0.3, 0.4) is 0 Å². The number of para-hydroxylation sites is 1. The quantitative estimate of drug-likeness (QED) is 0.653. The number of benzene rings is 2. The van der Waals surface area contributed by atoms with Gasteiger partial charge in [0, 0.05) is 18.4 Å². The van der Waals surface area contributed by atoms with Gasteiger partial charge in [-0.1, -0.05) is 36.0 Å². The van der Waals surface area contributed by atoms with E-state index in [1.165, 1.54) is 11.7 Å². The zero-order chi connectivity index (χ0) is 17.6. The fraction of sp³-hybridized carbons (Fsp3) is 0.167. The second kappa shape index (κ2) is 8.13. The van der Waals surface area contributed by atoms with E-state index in [1.54, 1.807) is 35.2 Å². The number of likely N-dealkylation sites (N-methyl/N-ethyl adjacent to an activating group) is 1. The Balaban J connectivity index is 1.57. The third-order valence-corrected chi connectivity index (χ3v) is 5.79. The Morgan fingerprint density at radius 3 is 2.60 bits per heavy atom. The lowest BCUT2D eigenvalue weighted by Crippen LogP contribution is -2.35. The highest BCUT2D eigenvalue weighted by Crippen LogP contribution is 2.31. The molecule has 0 atom stereocenters. The van der Waals surface area contributed by atoms with Gasteiger partial charge >= 0.3 is 0 Å². The Morgan fingerprint density at radius 1 is 1.12 bits per heavy atom. The summed E-state index contributed by atoms with van der Waals surface area (Å²) in [5.74, 6) is 0.311. The zero-order valence-corrected chi connectivity index (χ0v) is 15.2. The van der Waals surface area contributed by atoms with Crippen LogP contribution in [0, 0.1) is 0 Å². The Labute approximate surface area is 153 Å². The molecule has 5 nitrogen and oxygen atoms in total. The number of fused-ring (bicyclic) bond motifs is 1. The molecule has 128 valence electrons. The molecule has 0 bridgehead atoms. The summed E-state index contributed by atoms with van der Waals surface area (Å²) in [5.41, 5.74) is 2.68. The van der Waals surface area contributed by atoms with Crippen molar-refractivity contribution in [2.45, 2.75) is 10.1 Å². The molecule has 0 spiro atoms. The van der Waals surface area contributed by atoms with Crippen LogP contribution in [0.15, 0.2) is 52.9 Å². The molecule has 0 aliphatic rings. The normalized spacial score (nSPS) is 10.6. The van der Waals surface area contributed by atoms with Gasteiger partial charge in [0.2, 0.25) is 5.91 Å². The number of amides is 2. The summed E-state index contributed by atoms with van der Waals surface area (Å²) >= 11 is 3.37. The minimum atomic E-state index is -0.256. The first kappa shape index (κ1) is 17.4. The molecule has 0 aliphatic carbocycles. The topological polar surface area (TPSA) is 71.1 Å². The van der Waals surface area contributed by atoms with E-state index in [2.05, 4.69) is 21.7 Å². The van der Waals surface area contributed by atoms with Crippen LogP contribution in [0.1, 0.15) is 15.9 Å². The lowest BCUT2D eigenvalue weighted by atomic mass is 10.1. The SMILES string of the molecule is CNC(=O)CNC(=O)c1ccc(CSc2nc3ccccc3s2)cc1. The van der Waals surface area contributed by atoms with Crippen LogP contribution in [0.25, 0.3) is 10.2 Å². The summed E-state index contributed by atoms with van der Waals surface area (Å²) in [5, 5.41) is 5.04. The van der Waals surface area contributed by atoms with Crippen LogP contribution >= 0.6 is 23.1 Å². The standard InChI is InChI=1S/C18H17N3O2S2/c1-19-16(22)10-20-17(23)13-8-6-12(7-9-13)11-24-18-21-14-4-2-3-5-15(14)25-18/h2-9H,10-11H2,1H3,(H,19,22)(H,20,23). The number of nitrogens with one attached hydrogen (secondary N) is 2. The largest absolute Gasteiger partial charge is 0.358 e. The molecule has 3 rings (SSSR count). The molecule has 0 saturated carbocycles. The number of nitrogens with zero attached hydrogens (tertiary/aromatic N) is 1. The smallest absolute Gasteiger partial charge is 0.251 e. The number of hydrogen-bond donors (Lipinski definition) is 2. The van der Waals surface area contributed by atoms with Gasteiger partial charge in [0.05, 0.1) is 16.8 Å². The summed E-state index contributed by atoms with van der Waals surface area (Å²) < 4.78 is 2.22. The highest BCUT2D eigenvalue weighted by molar-refractivity contribution is 8.00. The van der Waals surface area contributed by atoms with Crippen molar-refractivity contribution in [3.8, 4) is 0 Å². The van der Waals surface area contributed by atoms with Crippen LogP contribution in [-0.4, -0.2) is 30.4 Å². The van der Waals surface area contributed by atoms with Gasteiger partial charge in [-0.3, -0.25) is 9.59 Å². The molecule has 1 heterocycles. The van der Waals surface area contributed by atoms with Crippen LogP contribution in [0.2, 0.25) is 0 Å². The maximum absolute atomic E-state index is 12.0. The minimum Gasteiger partial charge on any atom is -0.358 e. The summed E-state index contributed by atoms with van der Waals surface area (Å²) in [6, 6.07) is 15.5. The number of thioether (sulfide) groups is 1. The van der Waals surface area contributed by atoms with Crippen molar-refractivity contribution in [2.24, 2.45) is 0 Å². The number of aromatic nitrogens is 1. The number of thiazole rings is 1. The number of carbonyl (C=O) groups is 2. The predicted octanol–water partition coefficient (Wildman–Crippen LogP) is 3.06. The Morgan fingerprint density at radius 2 is 1.88 bits per heavy atom. The van der Waals surface area contributed by atoms with Crippen LogP contribution in [0.5, 0.6) is 0 Å². The molecule has 3 aromatic rings. The highest BCUT2D eigenvalue weighted by Gasteiger charge is 2.08. The van der Waals surface area contributed by atoms with Gasteiger partial charge in [-0.05, 0) is 29.8 Å². The molecule has 0 aliphatic heterocycles. The van der Waals surface area contributed by atoms with E-state index in [9.17, 15) is 9.59 Å². The van der Waals surface area contributed by atoms with Gasteiger partial charge in [-0.15, -0.1) is 11.3 Å². The lowest BCUT2D eigenvalue weighted by Gasteiger charge is -2.05. The molecule has 25 heavy (non-hydrogen) atoms. The average Bonchev–Trinajstić information content (AvgIpc) is 3.07. The van der Waals surface area contributed by atoms with Crippen molar-refractivity contribution in [3.05, 3.63) is 59.7 Å². The van der Waals surface area contributed by atoms with Gasteiger partial charge < -0.3 is 10.6 Å². The van der Waals surface area contributed by atoms with Crippen molar-refractivity contribution in [2.75, 3.05) is 13.6 Å². The molecule has 2 amide bonds. The first-order valence-corrected chi connectivity index (χ1v) is 9.52. The van der Waals surface area contributed by atoms with E-state index < -0.39 is 0 Å². The Hall–Kier alpha value is -2.38. The van der Waals surface area contributed by atoms with Crippen molar-refractivity contribution >= 4 is 45.1 Å². The third kappa shape index (κ3) is 4.58. The first-order chi connectivity index (χ1) is 12.2. The minimum absolute atomic E-state index is 0.0233. The van der Waals surface area contributed by atoms with Crippen molar-refractivity contribution in [1.29, 1.82) is 0 Å². The van der Waals surface area contributed by atoms with Crippen LogP contribution < -0.4 is 10.6 Å². The van der Waals surface area contributed by atoms with Crippen molar-refractivity contribution in [3.63, 3.8) is 0 Å². The van der Waals surface area contributed by atoms with E-state index >= 15 is 0 Å². The van der Waals surface area contributed by atoms with Gasteiger partial charge in [-0.2, -0.15) is 0 Å². The van der Waals surface area contributed by atoms with Gasteiger partial charge in [0.15, 0.2) is 4.34 Å². The summed E-state index contributed by atoms with van der Waals surface area (Å²) in [6.07, 6.45) is 0. The van der Waals surface area contributed by atoms with E-state index in [0.29, 0.717) is 5.56 Å². The maximum Gasteiger partial charge on any atom is 0.251 e. The molecular formula is C18H17N3O2S2. The van der Waals surface area contributed by atoms with Crippen molar-refractivity contribution < 1.29 is 9.59 Å². The lowest BCUT2D eigenvalue weighted by molar-refractivity contribution is -0.119. The number of carbonyl (C=O) groups excluding carboxylic acids is 2. The summed E-state index contributed by atoms with van der Waals surface area (Å²) in [6.45, 7) is -0.0233. The number of rotatable bonds is 6. The first-order valence-electron chi connectivity index (χ1n) is 7.72. The highest BCUT2D eigenvalue weighted by atomic mass is 32.2. The summed E-state index contributed by atoms with van der Waals surface area (Å²) in [4.78, 5) is 27.7. The van der Waals surface area contributed by atoms with Crippen LogP contribution in [0.4, 0.5) is 0 Å². The molecular weight excluding hydrogens is 354 g/mol. The molecule has 0 radical (unpaired) electrons. The average molecular weight is 371 g/mol. The van der Waals surface area contributed by atoms with Gasteiger partial charge in [-0.25, -0.2) is 4.98 Å². The molecule has 7 heteroatoms. The summed E-state index contributed by atoms with van der Waals surface area (Å²) in [7, 11) is 1.53. The third-order valence-electron chi connectivity index (χ3n) is 3.54. The van der Waals surface area contributed by atoms with Crippen LogP contribution in [-0.2, 0) is 10.5 Å². The monoisotopic (exact) mass is 371 g/mol. The second-order valence-corrected chi connectivity index (χ2v) is 7.54. The van der Waals surface area contributed by atoms with E-state index in [4.69, 9.17) is 0 Å². The molecule has 0 saturated heterocycles. The maximum atomic E-state index is 12.0. The molecule has 0 unspecified atom stereocenters. The van der Waals surface area contributed by atoms with Crippen molar-refractivity contribution in [1.82, 2.24) is 15.6 Å². The number of hydrogen-bond acceptors (Lipinski definition) is 5. The zero-order valence-electron chi connectivity index (χ0n) is 13.6. The molecule has 0 fully saturated rings. The van der Waals surface area contributed by atoms with E-state index in [-0.39, 0.29) is 18.4 Å².